The van der Waals surface area contributed by atoms with Gasteiger partial charge in [-0.05, 0) is 46.3 Å². The smallest absolute Gasteiger partial charge is 0.0575 e. The molecule has 0 amide bonds. The minimum absolute atomic E-state index is 0.408. The summed E-state index contributed by atoms with van der Waals surface area (Å²) in [6.07, 6.45) is 2.62. The predicted molar refractivity (Wildman–Crippen MR) is 73.8 cm³/mol. The molecule has 2 atom stereocenters. The van der Waals surface area contributed by atoms with E-state index in [1.54, 1.807) is 0 Å². The second kappa shape index (κ2) is 5.63. The molecule has 1 aromatic rings. The summed E-state index contributed by atoms with van der Waals surface area (Å²) in [5, 5.41) is 2.13. The van der Waals surface area contributed by atoms with Gasteiger partial charge in [0.2, 0.25) is 0 Å². The van der Waals surface area contributed by atoms with Crippen molar-refractivity contribution in [1.82, 2.24) is 4.90 Å². The van der Waals surface area contributed by atoms with Gasteiger partial charge in [-0.3, -0.25) is 4.90 Å². The van der Waals surface area contributed by atoms with E-state index in [1.807, 2.05) is 11.3 Å². The molecule has 1 aromatic heterocycles. The number of thiophene rings is 1. The first kappa shape index (κ1) is 12.6. The molecule has 1 aliphatic rings. The van der Waals surface area contributed by atoms with E-state index in [-0.39, 0.29) is 0 Å². The lowest BCUT2D eigenvalue weighted by atomic mass is 10.1. The predicted octanol–water partition coefficient (Wildman–Crippen LogP) is 3.24. The number of hydrogen-bond acceptors (Lipinski definition) is 3. The van der Waals surface area contributed by atoms with E-state index in [0.29, 0.717) is 6.04 Å². The summed E-state index contributed by atoms with van der Waals surface area (Å²) in [5.41, 5.74) is 5.94. The van der Waals surface area contributed by atoms with E-state index >= 15 is 0 Å². The second-order valence-electron chi connectivity index (χ2n) is 4.44. The quantitative estimate of drug-likeness (QED) is 0.925. The van der Waals surface area contributed by atoms with Gasteiger partial charge in [-0.15, -0.1) is 11.3 Å². The van der Waals surface area contributed by atoms with Crippen molar-refractivity contribution in [3.8, 4) is 0 Å². The summed E-state index contributed by atoms with van der Waals surface area (Å²) in [5.74, 6) is 0.868. The number of likely N-dealkylation sites (tertiary alicyclic amines) is 1. The molecule has 4 heteroatoms. The fourth-order valence-corrected chi connectivity index (χ4v) is 4.23. The van der Waals surface area contributed by atoms with Crippen molar-refractivity contribution in [2.24, 2.45) is 11.7 Å². The van der Waals surface area contributed by atoms with Crippen LogP contribution in [0, 0.1) is 5.92 Å². The highest BCUT2D eigenvalue weighted by Gasteiger charge is 2.28. The zero-order valence-electron chi connectivity index (χ0n) is 9.66. The Kier molecular flexibility index (Phi) is 4.41. The van der Waals surface area contributed by atoms with Gasteiger partial charge in [-0.25, -0.2) is 0 Å². The first-order chi connectivity index (χ1) is 7.76. The maximum absolute atomic E-state index is 5.94. The Morgan fingerprint density at radius 2 is 2.50 bits per heavy atom. The van der Waals surface area contributed by atoms with Gasteiger partial charge in [0.1, 0.15) is 0 Å². The Bertz CT molecular complexity index is 340. The molecule has 0 bridgehead atoms. The van der Waals surface area contributed by atoms with Crippen LogP contribution in [0.3, 0.4) is 0 Å². The Morgan fingerprint density at radius 1 is 1.69 bits per heavy atom. The van der Waals surface area contributed by atoms with Crippen molar-refractivity contribution in [2.45, 2.75) is 25.8 Å². The van der Waals surface area contributed by atoms with Crippen LogP contribution in [0.2, 0.25) is 0 Å². The third-order valence-corrected chi connectivity index (χ3v) is 5.48. The molecule has 16 heavy (non-hydrogen) atoms. The van der Waals surface area contributed by atoms with E-state index in [4.69, 9.17) is 5.73 Å². The highest BCUT2D eigenvalue weighted by atomic mass is 79.9. The molecule has 1 aliphatic heterocycles. The molecule has 0 saturated carbocycles. The summed E-state index contributed by atoms with van der Waals surface area (Å²) in [6, 6.07) is 2.53. The first-order valence-corrected chi connectivity index (χ1v) is 7.60. The Hall–Kier alpha value is 0.100. The molecule has 0 spiro atoms. The van der Waals surface area contributed by atoms with Crippen LogP contribution in [0.5, 0.6) is 0 Å². The molecule has 0 radical (unpaired) electrons. The van der Waals surface area contributed by atoms with Crippen molar-refractivity contribution in [1.29, 1.82) is 0 Å². The van der Waals surface area contributed by atoms with Crippen LogP contribution in [0.4, 0.5) is 0 Å². The van der Waals surface area contributed by atoms with Gasteiger partial charge >= 0.3 is 0 Å². The van der Waals surface area contributed by atoms with Crippen molar-refractivity contribution < 1.29 is 0 Å². The number of nitrogens with zero attached hydrogens (tertiary/aromatic N) is 1. The largest absolute Gasteiger partial charge is 0.329 e. The third kappa shape index (κ3) is 2.50. The second-order valence-corrected chi connectivity index (χ2v) is 6.24. The number of rotatable bonds is 4. The molecule has 2 unspecified atom stereocenters. The molecule has 2 heterocycles. The van der Waals surface area contributed by atoms with E-state index in [9.17, 15) is 0 Å². The van der Waals surface area contributed by atoms with Crippen LogP contribution < -0.4 is 5.73 Å². The van der Waals surface area contributed by atoms with Gasteiger partial charge in [0, 0.05) is 22.4 Å². The van der Waals surface area contributed by atoms with Crippen LogP contribution >= 0.6 is 27.3 Å². The zero-order valence-corrected chi connectivity index (χ0v) is 12.1. The fourth-order valence-electron chi connectivity index (χ4n) is 2.44. The normalized spacial score (nSPS) is 23.8. The lowest BCUT2D eigenvalue weighted by Gasteiger charge is -2.26. The summed E-state index contributed by atoms with van der Waals surface area (Å²) >= 11 is 5.42. The van der Waals surface area contributed by atoms with Gasteiger partial charge in [0.15, 0.2) is 0 Å². The summed E-state index contributed by atoms with van der Waals surface area (Å²) in [7, 11) is 0. The number of halogens is 1. The highest BCUT2D eigenvalue weighted by molar-refractivity contribution is 9.10. The molecule has 1 fully saturated rings. The van der Waals surface area contributed by atoms with Crippen LogP contribution in [-0.2, 0) is 0 Å². The lowest BCUT2D eigenvalue weighted by Crippen LogP contribution is -2.31. The molecule has 0 aromatic carbocycles. The Morgan fingerprint density at radius 3 is 3.00 bits per heavy atom. The van der Waals surface area contributed by atoms with Crippen molar-refractivity contribution in [3.63, 3.8) is 0 Å². The van der Waals surface area contributed by atoms with Crippen LogP contribution in [0.1, 0.15) is 30.7 Å². The summed E-state index contributed by atoms with van der Waals surface area (Å²) in [4.78, 5) is 3.93. The van der Waals surface area contributed by atoms with Crippen LogP contribution in [-0.4, -0.2) is 24.5 Å². The van der Waals surface area contributed by atoms with Gasteiger partial charge in [-0.1, -0.05) is 13.3 Å². The third-order valence-electron chi connectivity index (χ3n) is 3.51. The maximum atomic E-state index is 5.94. The fraction of sp³-hybridized carbons (Fsp3) is 0.667. The van der Waals surface area contributed by atoms with Crippen molar-refractivity contribution >= 4 is 27.3 Å². The zero-order chi connectivity index (χ0) is 11.5. The van der Waals surface area contributed by atoms with Gasteiger partial charge in [0.05, 0.1) is 6.04 Å². The molecule has 2 nitrogen and oxygen atoms in total. The van der Waals surface area contributed by atoms with Gasteiger partial charge < -0.3 is 5.73 Å². The van der Waals surface area contributed by atoms with E-state index < -0.39 is 0 Å². The van der Waals surface area contributed by atoms with Gasteiger partial charge in [0.25, 0.3) is 0 Å². The van der Waals surface area contributed by atoms with Crippen molar-refractivity contribution in [3.05, 3.63) is 20.8 Å². The van der Waals surface area contributed by atoms with Crippen molar-refractivity contribution in [2.75, 3.05) is 19.6 Å². The average molecular weight is 303 g/mol. The van der Waals surface area contributed by atoms with Crippen LogP contribution in [0.15, 0.2) is 15.9 Å². The maximum Gasteiger partial charge on any atom is 0.0575 e. The lowest BCUT2D eigenvalue weighted by molar-refractivity contribution is 0.243. The van der Waals surface area contributed by atoms with E-state index in [1.165, 1.54) is 35.3 Å². The molecule has 90 valence electrons. The SMILES string of the molecule is CCC1CCN(C(CN)c2sccc2Br)C1. The molecular weight excluding hydrogens is 284 g/mol. The average Bonchev–Trinajstić information content (AvgIpc) is 2.90. The number of hydrogen-bond donors (Lipinski definition) is 1. The highest BCUT2D eigenvalue weighted by Crippen LogP contribution is 2.35. The monoisotopic (exact) mass is 302 g/mol. The molecule has 2 rings (SSSR count). The molecule has 0 aliphatic carbocycles. The number of nitrogens with two attached hydrogens (primary N) is 1. The Balaban J connectivity index is 2.09. The molecular formula is C12H19BrN2S. The first-order valence-electron chi connectivity index (χ1n) is 5.93. The summed E-state index contributed by atoms with van der Waals surface area (Å²) in [6.45, 7) is 5.41. The Labute approximate surface area is 110 Å². The standard InChI is InChI=1S/C12H19BrN2S/c1-2-9-3-5-15(8-9)11(7-14)12-10(13)4-6-16-12/h4,6,9,11H,2-3,5,7-8,14H2,1H3. The van der Waals surface area contributed by atoms with Gasteiger partial charge in [-0.2, -0.15) is 0 Å². The molecule has 1 saturated heterocycles. The molecule has 2 N–H and O–H groups in total. The van der Waals surface area contributed by atoms with E-state index in [2.05, 4.69) is 39.2 Å². The van der Waals surface area contributed by atoms with E-state index in [0.717, 1.165) is 12.5 Å². The topological polar surface area (TPSA) is 29.3 Å². The minimum atomic E-state index is 0.408. The summed E-state index contributed by atoms with van der Waals surface area (Å²) < 4.78 is 1.22. The minimum Gasteiger partial charge on any atom is -0.329 e. The van der Waals surface area contributed by atoms with Crippen LogP contribution in [0.25, 0.3) is 0 Å².